The molecule has 2 aromatic rings. The van der Waals surface area contributed by atoms with E-state index in [9.17, 15) is 9.59 Å². The molecule has 5 nitrogen and oxygen atoms in total. The maximum Gasteiger partial charge on any atom is 0.255 e. The maximum atomic E-state index is 12.8. The van der Waals surface area contributed by atoms with Crippen LogP contribution in [0.15, 0.2) is 42.5 Å². The Kier molecular flexibility index (Phi) is 7.43. The Hall–Kier alpha value is -2.66. The second-order valence-corrected chi connectivity index (χ2v) is 9.73. The molecule has 0 saturated heterocycles. The van der Waals surface area contributed by atoms with Gasteiger partial charge in [-0.3, -0.25) is 9.59 Å². The highest BCUT2D eigenvalue weighted by Gasteiger charge is 2.21. The molecule has 0 spiro atoms. The van der Waals surface area contributed by atoms with Crippen LogP contribution in [-0.4, -0.2) is 24.9 Å². The summed E-state index contributed by atoms with van der Waals surface area (Å²) in [4.78, 5) is 24.9. The van der Waals surface area contributed by atoms with Crippen molar-refractivity contribution in [1.82, 2.24) is 5.32 Å². The minimum atomic E-state index is -0.198. The Bertz CT molecular complexity index is 856. The van der Waals surface area contributed by atoms with Crippen LogP contribution >= 0.6 is 0 Å². The average Bonchev–Trinajstić information content (AvgIpc) is 2.66. The summed E-state index contributed by atoms with van der Waals surface area (Å²) >= 11 is 0. The van der Waals surface area contributed by atoms with Crippen molar-refractivity contribution in [3.05, 3.63) is 64.7 Å². The van der Waals surface area contributed by atoms with Gasteiger partial charge in [-0.25, -0.2) is 0 Å². The number of amides is 2. The molecular formula is C25H35N3O2. The zero-order chi connectivity index (χ0) is 22.5. The minimum absolute atomic E-state index is 0.0281. The topological polar surface area (TPSA) is 84.2 Å². The van der Waals surface area contributed by atoms with Crippen LogP contribution in [0.25, 0.3) is 0 Å². The first-order valence-corrected chi connectivity index (χ1v) is 10.5. The molecule has 2 rings (SSSR count). The third kappa shape index (κ3) is 6.42. The van der Waals surface area contributed by atoms with Crippen LogP contribution in [0, 0.1) is 0 Å². The molecule has 0 radical (unpaired) electrons. The van der Waals surface area contributed by atoms with Gasteiger partial charge in [-0.2, -0.15) is 0 Å². The molecule has 0 bridgehead atoms. The lowest BCUT2D eigenvalue weighted by molar-refractivity contribution is 0.0951. The molecule has 0 unspecified atom stereocenters. The van der Waals surface area contributed by atoms with Crippen LogP contribution in [0.5, 0.6) is 0 Å². The van der Waals surface area contributed by atoms with E-state index in [1.54, 1.807) is 24.3 Å². The van der Waals surface area contributed by atoms with E-state index < -0.39 is 0 Å². The van der Waals surface area contributed by atoms with E-state index in [1.165, 1.54) is 11.1 Å². The normalized spacial score (nSPS) is 11.8. The monoisotopic (exact) mass is 409 g/mol. The highest BCUT2D eigenvalue weighted by molar-refractivity contribution is 6.05. The predicted octanol–water partition coefficient (Wildman–Crippen LogP) is 4.61. The van der Waals surface area contributed by atoms with Crippen molar-refractivity contribution < 1.29 is 9.59 Å². The lowest BCUT2D eigenvalue weighted by Gasteiger charge is -2.26. The molecular weight excluding hydrogens is 374 g/mol. The third-order valence-corrected chi connectivity index (χ3v) is 5.00. The molecule has 2 amide bonds. The highest BCUT2D eigenvalue weighted by atomic mass is 16.2. The van der Waals surface area contributed by atoms with E-state index in [0.717, 1.165) is 12.1 Å². The van der Waals surface area contributed by atoms with Gasteiger partial charge in [-0.1, -0.05) is 47.6 Å². The maximum absolute atomic E-state index is 12.8. The molecule has 5 heteroatoms. The van der Waals surface area contributed by atoms with E-state index in [-0.39, 0.29) is 22.6 Å². The number of nitrogens with one attached hydrogen (secondary N) is 2. The van der Waals surface area contributed by atoms with Crippen LogP contribution in [0.1, 0.15) is 79.8 Å². The number of nitrogens with two attached hydrogens (primary N) is 1. The van der Waals surface area contributed by atoms with Crippen molar-refractivity contribution in [2.45, 2.75) is 58.8 Å². The van der Waals surface area contributed by atoms with Crippen molar-refractivity contribution in [3.63, 3.8) is 0 Å². The Labute approximate surface area is 180 Å². The Morgan fingerprint density at radius 2 is 1.27 bits per heavy atom. The summed E-state index contributed by atoms with van der Waals surface area (Å²) in [6.45, 7) is 14.1. The number of carbonyl (C=O) groups excluding carboxylic acids is 2. The highest BCUT2D eigenvalue weighted by Crippen LogP contribution is 2.32. The molecule has 4 N–H and O–H groups in total. The summed E-state index contributed by atoms with van der Waals surface area (Å²) in [6, 6.07) is 13.0. The van der Waals surface area contributed by atoms with Crippen LogP contribution in [0.2, 0.25) is 0 Å². The zero-order valence-corrected chi connectivity index (χ0v) is 19.1. The van der Waals surface area contributed by atoms with Crippen molar-refractivity contribution in [2.24, 2.45) is 5.73 Å². The minimum Gasteiger partial charge on any atom is -0.352 e. The van der Waals surface area contributed by atoms with Gasteiger partial charge in [0, 0.05) is 23.4 Å². The molecule has 0 heterocycles. The van der Waals surface area contributed by atoms with Crippen molar-refractivity contribution in [3.8, 4) is 0 Å². The molecule has 0 aromatic heterocycles. The third-order valence-electron chi connectivity index (χ3n) is 5.00. The fraction of sp³-hybridized carbons (Fsp3) is 0.440. The van der Waals surface area contributed by atoms with Gasteiger partial charge < -0.3 is 16.4 Å². The zero-order valence-electron chi connectivity index (χ0n) is 19.1. The lowest BCUT2D eigenvalue weighted by Crippen LogP contribution is -2.26. The summed E-state index contributed by atoms with van der Waals surface area (Å²) in [6.07, 6.45) is 0.733. The first-order valence-electron chi connectivity index (χ1n) is 10.5. The van der Waals surface area contributed by atoms with Crippen LogP contribution < -0.4 is 16.4 Å². The number of rotatable bonds is 6. The van der Waals surface area contributed by atoms with Gasteiger partial charge in [0.05, 0.1) is 0 Å². The smallest absolute Gasteiger partial charge is 0.255 e. The largest absolute Gasteiger partial charge is 0.352 e. The van der Waals surface area contributed by atoms with E-state index in [4.69, 9.17) is 5.73 Å². The summed E-state index contributed by atoms with van der Waals surface area (Å²) < 4.78 is 0. The molecule has 30 heavy (non-hydrogen) atoms. The van der Waals surface area contributed by atoms with E-state index in [0.29, 0.717) is 24.2 Å². The van der Waals surface area contributed by atoms with Crippen molar-refractivity contribution >= 4 is 17.5 Å². The average molecular weight is 410 g/mol. The van der Waals surface area contributed by atoms with E-state index in [1.807, 2.05) is 12.1 Å². The molecule has 162 valence electrons. The SMILES string of the molecule is CC(C)(C)c1cc(NC(=O)c2ccc(C(=O)NCCCN)cc2)cc(C(C)(C)C)c1. The fourth-order valence-electron chi connectivity index (χ4n) is 2.95. The van der Waals surface area contributed by atoms with Gasteiger partial charge >= 0.3 is 0 Å². The summed E-state index contributed by atoms with van der Waals surface area (Å²) in [5.74, 6) is -0.362. The van der Waals surface area contributed by atoms with Gasteiger partial charge in [0.1, 0.15) is 0 Å². The van der Waals surface area contributed by atoms with Crippen molar-refractivity contribution in [2.75, 3.05) is 18.4 Å². The molecule has 0 aliphatic carbocycles. The summed E-state index contributed by atoms with van der Waals surface area (Å²) in [5, 5.41) is 5.83. The van der Waals surface area contributed by atoms with Crippen LogP contribution in [0.3, 0.4) is 0 Å². The van der Waals surface area contributed by atoms with Gasteiger partial charge in [0.15, 0.2) is 0 Å². The summed E-state index contributed by atoms with van der Waals surface area (Å²) in [5.41, 5.74) is 9.54. The fourth-order valence-corrected chi connectivity index (χ4v) is 2.95. The van der Waals surface area contributed by atoms with Gasteiger partial charge in [0.2, 0.25) is 0 Å². The van der Waals surface area contributed by atoms with Gasteiger partial charge in [-0.15, -0.1) is 0 Å². The lowest BCUT2D eigenvalue weighted by atomic mass is 9.80. The Balaban J connectivity index is 2.20. The second kappa shape index (κ2) is 9.43. The molecule has 2 aromatic carbocycles. The molecule has 0 aliphatic heterocycles. The predicted molar refractivity (Wildman–Crippen MR) is 124 cm³/mol. The van der Waals surface area contributed by atoms with E-state index in [2.05, 4.69) is 58.2 Å². The first kappa shape index (κ1) is 23.6. The molecule has 0 saturated carbocycles. The van der Waals surface area contributed by atoms with Gasteiger partial charge in [0.25, 0.3) is 11.8 Å². The van der Waals surface area contributed by atoms with Crippen LogP contribution in [0.4, 0.5) is 5.69 Å². The summed E-state index contributed by atoms with van der Waals surface area (Å²) in [7, 11) is 0. The molecule has 0 atom stereocenters. The number of carbonyl (C=O) groups is 2. The van der Waals surface area contributed by atoms with Crippen molar-refractivity contribution in [1.29, 1.82) is 0 Å². The number of benzene rings is 2. The van der Waals surface area contributed by atoms with Crippen LogP contribution in [-0.2, 0) is 10.8 Å². The standard InChI is InChI=1S/C25H35N3O2/c1-24(2,3)19-14-20(25(4,5)6)16-21(15-19)28-23(30)18-10-8-17(9-11-18)22(29)27-13-7-12-26/h8-11,14-16H,7,12-13,26H2,1-6H3,(H,27,29)(H,28,30). The van der Waals surface area contributed by atoms with Gasteiger partial charge in [-0.05, 0) is 71.3 Å². The Morgan fingerprint density at radius 3 is 1.70 bits per heavy atom. The van der Waals surface area contributed by atoms with E-state index >= 15 is 0 Å². The quantitative estimate of drug-likeness (QED) is 0.609. The number of hydrogen-bond acceptors (Lipinski definition) is 3. The Morgan fingerprint density at radius 1 is 0.800 bits per heavy atom. The second-order valence-electron chi connectivity index (χ2n) is 9.73. The molecule has 0 fully saturated rings. The first-order chi connectivity index (χ1) is 13.9. The number of hydrogen-bond donors (Lipinski definition) is 3. The molecule has 0 aliphatic rings. The number of anilines is 1.